The number of hydrogen-bond donors (Lipinski definition) is 2. The molecule has 6 nitrogen and oxygen atoms in total. The summed E-state index contributed by atoms with van der Waals surface area (Å²) in [6.07, 6.45) is 0. The largest absolute Gasteiger partial charge is 0.333 e. The van der Waals surface area contributed by atoms with E-state index in [-0.39, 0.29) is 11.7 Å². The van der Waals surface area contributed by atoms with Gasteiger partial charge in [-0.15, -0.1) is 0 Å². The summed E-state index contributed by atoms with van der Waals surface area (Å²) in [6, 6.07) is 17.7. The van der Waals surface area contributed by atoms with Crippen molar-refractivity contribution in [2.24, 2.45) is 0 Å². The standard InChI is InChI=1S/C20H19N5OS/c1-13-19(14(2)25(24-13)15-8-4-3-5-9-15)23-18(26)12-27-20-21-16-10-6-7-11-17(16)22-20/h3-11H,12H2,1-2H3,(H,21,22)(H,23,26). The third kappa shape index (κ3) is 3.59. The van der Waals surface area contributed by atoms with E-state index in [4.69, 9.17) is 0 Å². The molecule has 7 heteroatoms. The van der Waals surface area contributed by atoms with Gasteiger partial charge in [0.1, 0.15) is 0 Å². The fraction of sp³-hybridized carbons (Fsp3) is 0.150. The molecule has 4 aromatic rings. The Kier molecular flexibility index (Phi) is 4.68. The molecule has 0 atom stereocenters. The first-order valence-corrected chi connectivity index (χ1v) is 9.59. The van der Waals surface area contributed by atoms with Gasteiger partial charge in [0.25, 0.3) is 0 Å². The van der Waals surface area contributed by atoms with Crippen molar-refractivity contribution >= 4 is 34.4 Å². The quantitative estimate of drug-likeness (QED) is 0.514. The number of aromatic nitrogens is 4. The second-order valence-electron chi connectivity index (χ2n) is 6.19. The summed E-state index contributed by atoms with van der Waals surface area (Å²) in [5.41, 5.74) is 5.29. The van der Waals surface area contributed by atoms with Crippen molar-refractivity contribution in [2.75, 3.05) is 11.1 Å². The van der Waals surface area contributed by atoms with Crippen molar-refractivity contribution in [3.05, 3.63) is 66.0 Å². The van der Waals surface area contributed by atoms with Crippen LogP contribution in [-0.4, -0.2) is 31.4 Å². The zero-order valence-corrected chi connectivity index (χ0v) is 15.9. The highest BCUT2D eigenvalue weighted by molar-refractivity contribution is 7.99. The Balaban J connectivity index is 1.46. The minimum atomic E-state index is -0.0840. The molecule has 0 aliphatic carbocycles. The van der Waals surface area contributed by atoms with Gasteiger partial charge in [-0.05, 0) is 38.1 Å². The number of rotatable bonds is 5. The summed E-state index contributed by atoms with van der Waals surface area (Å²) in [7, 11) is 0. The average molecular weight is 377 g/mol. The summed E-state index contributed by atoms with van der Waals surface area (Å²) >= 11 is 1.38. The van der Waals surface area contributed by atoms with Gasteiger partial charge >= 0.3 is 0 Å². The first-order chi connectivity index (χ1) is 13.1. The number of anilines is 1. The number of imidazole rings is 1. The summed E-state index contributed by atoms with van der Waals surface area (Å²) in [5.74, 6) is 0.189. The molecular weight excluding hydrogens is 358 g/mol. The molecule has 0 saturated carbocycles. The van der Waals surface area contributed by atoms with E-state index in [0.717, 1.165) is 39.0 Å². The molecule has 2 aromatic carbocycles. The van der Waals surface area contributed by atoms with Crippen LogP contribution in [0.4, 0.5) is 5.69 Å². The molecule has 136 valence electrons. The van der Waals surface area contributed by atoms with Crippen molar-refractivity contribution in [3.63, 3.8) is 0 Å². The number of benzene rings is 2. The smallest absolute Gasteiger partial charge is 0.234 e. The molecule has 0 saturated heterocycles. The van der Waals surface area contributed by atoms with Crippen LogP contribution in [0.1, 0.15) is 11.4 Å². The molecule has 0 bridgehead atoms. The van der Waals surface area contributed by atoms with Crippen molar-refractivity contribution < 1.29 is 4.79 Å². The predicted octanol–water partition coefficient (Wildman–Crippen LogP) is 4.10. The second kappa shape index (κ2) is 7.28. The number of para-hydroxylation sites is 3. The fourth-order valence-electron chi connectivity index (χ4n) is 2.95. The molecule has 0 fully saturated rings. The van der Waals surface area contributed by atoms with Crippen LogP contribution in [0.15, 0.2) is 59.8 Å². The molecule has 0 spiro atoms. The minimum absolute atomic E-state index is 0.0840. The maximum absolute atomic E-state index is 12.4. The second-order valence-corrected chi connectivity index (χ2v) is 7.15. The number of hydrogen-bond acceptors (Lipinski definition) is 4. The number of thioether (sulfide) groups is 1. The van der Waals surface area contributed by atoms with Gasteiger partial charge < -0.3 is 10.3 Å². The first kappa shape index (κ1) is 17.4. The maximum Gasteiger partial charge on any atom is 0.234 e. The monoisotopic (exact) mass is 377 g/mol. The minimum Gasteiger partial charge on any atom is -0.333 e. The number of carbonyl (C=O) groups is 1. The van der Waals surface area contributed by atoms with Gasteiger partial charge in [0, 0.05) is 0 Å². The Labute approximate surface area is 161 Å². The molecule has 4 rings (SSSR count). The topological polar surface area (TPSA) is 75.6 Å². The van der Waals surface area contributed by atoms with Crippen LogP contribution >= 0.6 is 11.8 Å². The van der Waals surface area contributed by atoms with Crippen molar-refractivity contribution in [1.29, 1.82) is 0 Å². The van der Waals surface area contributed by atoms with Crippen LogP contribution in [0.3, 0.4) is 0 Å². The van der Waals surface area contributed by atoms with Gasteiger partial charge in [-0.1, -0.05) is 42.1 Å². The number of fused-ring (bicyclic) bond motifs is 1. The Bertz CT molecular complexity index is 1070. The van der Waals surface area contributed by atoms with Gasteiger partial charge in [-0.2, -0.15) is 5.10 Å². The average Bonchev–Trinajstić information content (AvgIpc) is 3.23. The summed E-state index contributed by atoms with van der Waals surface area (Å²) in [5, 5.41) is 8.28. The Morgan fingerprint density at radius 3 is 2.63 bits per heavy atom. The fourth-order valence-corrected chi connectivity index (χ4v) is 3.64. The number of aromatic amines is 1. The zero-order valence-electron chi connectivity index (χ0n) is 15.1. The third-order valence-electron chi connectivity index (χ3n) is 4.26. The van der Waals surface area contributed by atoms with Crippen molar-refractivity contribution in [3.8, 4) is 5.69 Å². The van der Waals surface area contributed by atoms with E-state index in [0.29, 0.717) is 0 Å². The van der Waals surface area contributed by atoms with Gasteiger partial charge in [0.2, 0.25) is 5.91 Å². The number of nitrogens with zero attached hydrogens (tertiary/aromatic N) is 3. The van der Waals surface area contributed by atoms with Crippen LogP contribution in [0.5, 0.6) is 0 Å². The molecule has 2 aromatic heterocycles. The van der Waals surface area contributed by atoms with E-state index in [1.807, 2.05) is 73.1 Å². The van der Waals surface area contributed by atoms with E-state index in [9.17, 15) is 4.79 Å². The van der Waals surface area contributed by atoms with Crippen molar-refractivity contribution in [1.82, 2.24) is 19.7 Å². The molecule has 0 aliphatic heterocycles. The lowest BCUT2D eigenvalue weighted by atomic mass is 10.3. The first-order valence-electron chi connectivity index (χ1n) is 8.61. The molecule has 2 N–H and O–H groups in total. The Hall–Kier alpha value is -3.06. The molecule has 1 amide bonds. The molecule has 0 aliphatic rings. The lowest BCUT2D eigenvalue weighted by Gasteiger charge is -2.06. The lowest BCUT2D eigenvalue weighted by Crippen LogP contribution is -2.15. The summed E-state index contributed by atoms with van der Waals surface area (Å²) in [6.45, 7) is 3.85. The SMILES string of the molecule is Cc1nn(-c2ccccc2)c(C)c1NC(=O)CSc1nc2ccccc2[nH]1. The normalized spacial score (nSPS) is 11.0. The summed E-state index contributed by atoms with van der Waals surface area (Å²) < 4.78 is 1.84. The number of nitrogens with one attached hydrogen (secondary N) is 2. The molecule has 0 unspecified atom stereocenters. The number of H-pyrrole nitrogens is 1. The molecular formula is C20H19N5OS. The van der Waals surface area contributed by atoms with Gasteiger partial charge in [-0.25, -0.2) is 9.67 Å². The lowest BCUT2D eigenvalue weighted by molar-refractivity contribution is -0.113. The number of aryl methyl sites for hydroxylation is 1. The molecule has 2 heterocycles. The Morgan fingerprint density at radius 1 is 1.11 bits per heavy atom. The molecule has 0 radical (unpaired) electrons. The maximum atomic E-state index is 12.4. The highest BCUT2D eigenvalue weighted by atomic mass is 32.2. The summed E-state index contributed by atoms with van der Waals surface area (Å²) in [4.78, 5) is 20.1. The van der Waals surface area contributed by atoms with Crippen LogP contribution in [0.2, 0.25) is 0 Å². The molecule has 27 heavy (non-hydrogen) atoms. The van der Waals surface area contributed by atoms with Crippen LogP contribution in [0.25, 0.3) is 16.7 Å². The predicted molar refractivity (Wildman–Crippen MR) is 108 cm³/mol. The van der Waals surface area contributed by atoms with Crippen LogP contribution < -0.4 is 5.32 Å². The zero-order chi connectivity index (χ0) is 18.8. The highest BCUT2D eigenvalue weighted by Gasteiger charge is 2.15. The van der Waals surface area contributed by atoms with Crippen LogP contribution in [0, 0.1) is 13.8 Å². The van der Waals surface area contributed by atoms with E-state index in [2.05, 4.69) is 20.4 Å². The third-order valence-corrected chi connectivity index (χ3v) is 5.14. The van der Waals surface area contributed by atoms with E-state index in [1.165, 1.54) is 11.8 Å². The number of amides is 1. The van der Waals surface area contributed by atoms with Gasteiger partial charge in [0.15, 0.2) is 5.16 Å². The van der Waals surface area contributed by atoms with E-state index in [1.54, 1.807) is 0 Å². The van der Waals surface area contributed by atoms with Gasteiger partial charge in [0.05, 0.1) is 39.5 Å². The van der Waals surface area contributed by atoms with E-state index >= 15 is 0 Å². The van der Waals surface area contributed by atoms with Crippen molar-refractivity contribution in [2.45, 2.75) is 19.0 Å². The Morgan fingerprint density at radius 2 is 1.85 bits per heavy atom. The number of carbonyl (C=O) groups excluding carboxylic acids is 1. The van der Waals surface area contributed by atoms with Gasteiger partial charge in [-0.3, -0.25) is 4.79 Å². The highest BCUT2D eigenvalue weighted by Crippen LogP contribution is 2.24. The van der Waals surface area contributed by atoms with E-state index < -0.39 is 0 Å². The van der Waals surface area contributed by atoms with Crippen LogP contribution in [-0.2, 0) is 4.79 Å².